The first-order chi connectivity index (χ1) is 16.9. The second-order valence-electron chi connectivity index (χ2n) is 8.30. The average Bonchev–Trinajstić information content (AvgIpc) is 3.31. The molecule has 0 saturated carbocycles. The van der Waals surface area contributed by atoms with E-state index in [9.17, 15) is 9.59 Å². The molecule has 0 saturated heterocycles. The van der Waals surface area contributed by atoms with Crippen LogP contribution >= 0.6 is 11.3 Å². The van der Waals surface area contributed by atoms with Crippen LogP contribution in [0.3, 0.4) is 0 Å². The van der Waals surface area contributed by atoms with Crippen LogP contribution < -0.4 is 14.8 Å². The Morgan fingerprint density at radius 2 is 1.74 bits per heavy atom. The number of carbonyl (C=O) groups excluding carboxylic acids is 2. The van der Waals surface area contributed by atoms with Gasteiger partial charge >= 0.3 is 5.97 Å². The normalized spacial score (nSPS) is 14.1. The Labute approximate surface area is 209 Å². The summed E-state index contributed by atoms with van der Waals surface area (Å²) in [7, 11) is 3.25. The van der Waals surface area contributed by atoms with Crippen LogP contribution in [-0.2, 0) is 22.5 Å². The molecule has 0 spiro atoms. The maximum atomic E-state index is 13.3. The van der Waals surface area contributed by atoms with Crippen LogP contribution in [0.15, 0.2) is 48.5 Å². The zero-order valence-electron chi connectivity index (χ0n) is 20.4. The first kappa shape index (κ1) is 24.8. The number of ether oxygens (including phenoxy) is 3. The summed E-state index contributed by atoms with van der Waals surface area (Å²) in [5.41, 5.74) is 3.66. The minimum Gasteiger partial charge on any atom is -0.493 e. The second-order valence-corrected chi connectivity index (χ2v) is 9.35. The van der Waals surface area contributed by atoms with Crippen molar-refractivity contribution in [3.8, 4) is 21.9 Å². The summed E-state index contributed by atoms with van der Waals surface area (Å²) in [4.78, 5) is 28.9. The predicted octanol–water partition coefficient (Wildman–Crippen LogP) is 4.99. The molecule has 0 unspecified atom stereocenters. The lowest BCUT2D eigenvalue weighted by Gasteiger charge is -2.33. The molecule has 0 bridgehead atoms. The van der Waals surface area contributed by atoms with E-state index in [1.165, 1.54) is 16.9 Å². The number of nitrogens with zero attached hydrogens (tertiary/aromatic N) is 1. The molecule has 7 nitrogen and oxygen atoms in total. The fraction of sp³-hybridized carbons (Fsp3) is 0.333. The summed E-state index contributed by atoms with van der Waals surface area (Å²) in [6.07, 6.45) is 0.804. The lowest BCUT2D eigenvalue weighted by molar-refractivity contribution is -0.121. The van der Waals surface area contributed by atoms with Crippen LogP contribution in [0.1, 0.15) is 35.3 Å². The molecule has 1 atom stereocenters. The van der Waals surface area contributed by atoms with E-state index in [1.807, 2.05) is 49.4 Å². The monoisotopic (exact) mass is 494 g/mol. The molecule has 1 amide bonds. The molecule has 8 heteroatoms. The van der Waals surface area contributed by atoms with E-state index in [1.54, 1.807) is 27.2 Å². The predicted molar refractivity (Wildman–Crippen MR) is 137 cm³/mol. The topological polar surface area (TPSA) is 77.1 Å². The van der Waals surface area contributed by atoms with Crippen LogP contribution in [-0.4, -0.2) is 50.2 Å². The van der Waals surface area contributed by atoms with Gasteiger partial charge in [-0.1, -0.05) is 30.3 Å². The summed E-state index contributed by atoms with van der Waals surface area (Å²) in [6, 6.07) is 15.2. The van der Waals surface area contributed by atoms with Crippen LogP contribution in [0.25, 0.3) is 10.4 Å². The minimum atomic E-state index is -0.443. The summed E-state index contributed by atoms with van der Waals surface area (Å²) in [6.45, 7) is 5.27. The molecule has 0 aliphatic carbocycles. The molecule has 2 aromatic carbocycles. The van der Waals surface area contributed by atoms with E-state index in [2.05, 4.69) is 10.2 Å². The van der Waals surface area contributed by atoms with Gasteiger partial charge in [0.1, 0.15) is 5.00 Å². The Kier molecular flexibility index (Phi) is 7.73. The van der Waals surface area contributed by atoms with Crippen molar-refractivity contribution in [1.29, 1.82) is 0 Å². The number of rotatable bonds is 8. The van der Waals surface area contributed by atoms with E-state index in [-0.39, 0.29) is 12.5 Å². The highest BCUT2D eigenvalue weighted by Gasteiger charge is 2.28. The van der Waals surface area contributed by atoms with Gasteiger partial charge in [-0.2, -0.15) is 0 Å². The van der Waals surface area contributed by atoms with Crippen molar-refractivity contribution in [3.63, 3.8) is 0 Å². The molecule has 2 heterocycles. The number of fused-ring (bicyclic) bond motifs is 1. The molecule has 1 aliphatic rings. The third kappa shape index (κ3) is 5.33. The van der Waals surface area contributed by atoms with Crippen molar-refractivity contribution < 1.29 is 23.8 Å². The SMILES string of the molecule is CCOC(=O)c1cc(-c2ccccc2)sc1NC(=O)[C@H](C)N1CCc2cc(OC)c(OC)cc2C1. The Balaban J connectivity index is 1.53. The first-order valence-electron chi connectivity index (χ1n) is 11.6. The fourth-order valence-electron chi connectivity index (χ4n) is 4.21. The number of nitrogens with one attached hydrogen (secondary N) is 1. The average molecular weight is 495 g/mol. The highest BCUT2D eigenvalue weighted by atomic mass is 32.1. The van der Waals surface area contributed by atoms with Crippen LogP contribution in [0, 0.1) is 0 Å². The van der Waals surface area contributed by atoms with Gasteiger partial charge in [-0.05, 0) is 55.2 Å². The lowest BCUT2D eigenvalue weighted by atomic mass is 9.97. The van der Waals surface area contributed by atoms with Crippen molar-refractivity contribution in [2.75, 3.05) is 32.7 Å². The quantitative estimate of drug-likeness (QED) is 0.445. The summed E-state index contributed by atoms with van der Waals surface area (Å²) >= 11 is 1.38. The van der Waals surface area contributed by atoms with Crippen molar-refractivity contribution in [1.82, 2.24) is 4.90 Å². The van der Waals surface area contributed by atoms with Crippen LogP contribution in [0.5, 0.6) is 11.5 Å². The number of benzene rings is 2. The minimum absolute atomic E-state index is 0.166. The number of anilines is 1. The molecule has 4 rings (SSSR count). The maximum absolute atomic E-state index is 13.3. The Morgan fingerprint density at radius 3 is 2.40 bits per heavy atom. The lowest BCUT2D eigenvalue weighted by Crippen LogP contribution is -2.44. The third-order valence-electron chi connectivity index (χ3n) is 6.20. The zero-order valence-corrected chi connectivity index (χ0v) is 21.2. The molecule has 35 heavy (non-hydrogen) atoms. The molecular weight excluding hydrogens is 464 g/mol. The zero-order chi connectivity index (χ0) is 24.9. The molecular formula is C27H30N2O5S. The fourth-order valence-corrected chi connectivity index (χ4v) is 5.26. The van der Waals surface area contributed by atoms with E-state index in [0.29, 0.717) is 28.6 Å². The van der Waals surface area contributed by atoms with Crippen LogP contribution in [0.2, 0.25) is 0 Å². The van der Waals surface area contributed by atoms with Gasteiger partial charge in [-0.25, -0.2) is 4.79 Å². The van der Waals surface area contributed by atoms with Gasteiger partial charge in [-0.3, -0.25) is 9.69 Å². The number of thiophene rings is 1. The summed E-state index contributed by atoms with van der Waals surface area (Å²) < 4.78 is 16.1. The number of amides is 1. The van der Waals surface area contributed by atoms with E-state index >= 15 is 0 Å². The number of methoxy groups -OCH3 is 2. The molecule has 1 aromatic heterocycles. The van der Waals surface area contributed by atoms with E-state index in [0.717, 1.165) is 29.0 Å². The summed E-state index contributed by atoms with van der Waals surface area (Å²) in [5.74, 6) is 0.781. The van der Waals surface area contributed by atoms with E-state index < -0.39 is 12.0 Å². The van der Waals surface area contributed by atoms with Crippen molar-refractivity contribution in [2.24, 2.45) is 0 Å². The van der Waals surface area contributed by atoms with Gasteiger partial charge < -0.3 is 19.5 Å². The van der Waals surface area contributed by atoms with Gasteiger partial charge in [0.05, 0.1) is 32.4 Å². The first-order valence-corrected chi connectivity index (χ1v) is 12.4. The molecule has 1 aliphatic heterocycles. The van der Waals surface area contributed by atoms with Gasteiger partial charge in [0.25, 0.3) is 0 Å². The van der Waals surface area contributed by atoms with Crippen molar-refractivity contribution in [2.45, 2.75) is 32.9 Å². The second kappa shape index (κ2) is 10.9. The molecule has 0 fully saturated rings. The van der Waals surface area contributed by atoms with Gasteiger partial charge in [0, 0.05) is 18.0 Å². The largest absolute Gasteiger partial charge is 0.493 e. The van der Waals surface area contributed by atoms with Gasteiger partial charge in [0.15, 0.2) is 11.5 Å². The van der Waals surface area contributed by atoms with Gasteiger partial charge in [0.2, 0.25) is 5.91 Å². The number of carbonyl (C=O) groups is 2. The molecule has 184 valence electrons. The standard InChI is InChI=1S/C27H30N2O5S/c1-5-34-27(31)21-15-24(18-9-7-6-8-10-18)35-26(21)28-25(30)17(2)29-12-11-19-13-22(32-3)23(33-4)14-20(19)16-29/h6-10,13-15,17H,5,11-12,16H2,1-4H3,(H,28,30)/t17-/m0/s1. The smallest absolute Gasteiger partial charge is 0.341 e. The molecule has 1 N–H and O–H groups in total. The molecule has 3 aromatic rings. The van der Waals surface area contributed by atoms with Crippen molar-refractivity contribution in [3.05, 3.63) is 65.2 Å². The van der Waals surface area contributed by atoms with Gasteiger partial charge in [-0.15, -0.1) is 11.3 Å². The van der Waals surface area contributed by atoms with Crippen molar-refractivity contribution >= 4 is 28.2 Å². The van der Waals surface area contributed by atoms with E-state index in [4.69, 9.17) is 14.2 Å². The summed E-state index contributed by atoms with van der Waals surface area (Å²) in [5, 5.41) is 3.50. The Hall–Kier alpha value is -3.36. The maximum Gasteiger partial charge on any atom is 0.341 e. The Bertz CT molecular complexity index is 1210. The number of hydrogen-bond acceptors (Lipinski definition) is 7. The number of esters is 1. The van der Waals surface area contributed by atoms with Crippen LogP contribution in [0.4, 0.5) is 5.00 Å². The number of hydrogen-bond donors (Lipinski definition) is 1. The highest BCUT2D eigenvalue weighted by Crippen LogP contribution is 2.37. The highest BCUT2D eigenvalue weighted by molar-refractivity contribution is 7.20. The third-order valence-corrected chi connectivity index (χ3v) is 7.30. The molecule has 0 radical (unpaired) electrons. The Morgan fingerprint density at radius 1 is 1.06 bits per heavy atom.